The third-order valence-electron chi connectivity index (χ3n) is 5.67. The predicted octanol–water partition coefficient (Wildman–Crippen LogP) is 4.82. The molecule has 12 heteroatoms. The molecule has 4 rings (SSSR count). The van der Waals surface area contributed by atoms with Gasteiger partial charge >= 0.3 is 12.3 Å². The number of ether oxygens (including phenoxy) is 1. The number of benzene rings is 1. The summed E-state index contributed by atoms with van der Waals surface area (Å²) < 4.78 is 45.5. The number of amides is 2. The van der Waals surface area contributed by atoms with Crippen molar-refractivity contribution in [3.63, 3.8) is 0 Å². The number of alkyl halides is 3. The van der Waals surface area contributed by atoms with Gasteiger partial charge in [0.25, 0.3) is 5.91 Å². The van der Waals surface area contributed by atoms with Crippen LogP contribution < -0.4 is 10.2 Å². The Hall–Kier alpha value is -4.09. The number of aromatic nitrogens is 3. The molecule has 2 aromatic heterocycles. The monoisotopic (exact) mass is 530 g/mol. The topological polar surface area (TPSA) is 92.6 Å². The van der Waals surface area contributed by atoms with Gasteiger partial charge in [-0.25, -0.2) is 9.78 Å². The van der Waals surface area contributed by atoms with Gasteiger partial charge in [0, 0.05) is 31.7 Å². The van der Waals surface area contributed by atoms with Crippen molar-refractivity contribution in [2.24, 2.45) is 0 Å². The molecular weight excluding hydrogens is 501 g/mol. The Balaban J connectivity index is 1.42. The van der Waals surface area contributed by atoms with Crippen LogP contribution in [0.1, 0.15) is 31.3 Å². The highest BCUT2D eigenvalue weighted by Gasteiger charge is 2.31. The molecule has 0 bridgehead atoms. The van der Waals surface area contributed by atoms with Crippen molar-refractivity contribution in [3.8, 4) is 11.3 Å². The zero-order valence-corrected chi connectivity index (χ0v) is 21.3. The molecule has 0 atom stereocenters. The molecule has 1 fully saturated rings. The minimum atomic E-state index is -4.55. The molecule has 1 aliphatic rings. The van der Waals surface area contributed by atoms with Crippen LogP contribution in [-0.2, 0) is 11.3 Å². The first kappa shape index (κ1) is 27.0. The molecule has 0 spiro atoms. The molecular formula is C26H29F3N6O3. The van der Waals surface area contributed by atoms with E-state index in [4.69, 9.17) is 4.74 Å². The standard InChI is InChI=1S/C26H29F3N6O3/c1-25(2,3)38-24(37)34-13-11-33(12-14-34)22-10-9-19(16-30-22)31-23(36)21-15-20(18-7-5-4-6-8-18)32-35(21)17-26(27,28)29/h4-10,15-16H,11-14,17H2,1-3H3,(H,31,36). The molecule has 9 nitrogen and oxygen atoms in total. The lowest BCUT2D eigenvalue weighted by Crippen LogP contribution is -2.50. The van der Waals surface area contributed by atoms with Crippen LogP contribution in [0.15, 0.2) is 54.7 Å². The fourth-order valence-corrected chi connectivity index (χ4v) is 3.93. The number of nitrogens with one attached hydrogen (secondary N) is 1. The summed E-state index contributed by atoms with van der Waals surface area (Å²) in [5.41, 5.74) is 0.402. The van der Waals surface area contributed by atoms with Crippen molar-refractivity contribution >= 4 is 23.5 Å². The first-order valence-corrected chi connectivity index (χ1v) is 12.1. The number of nitrogens with zero attached hydrogens (tertiary/aromatic N) is 5. The summed E-state index contributed by atoms with van der Waals surface area (Å²) in [6, 6.07) is 13.3. The Morgan fingerprint density at radius 1 is 1.00 bits per heavy atom. The van der Waals surface area contributed by atoms with Crippen molar-refractivity contribution in [3.05, 3.63) is 60.4 Å². The van der Waals surface area contributed by atoms with Gasteiger partial charge < -0.3 is 19.9 Å². The van der Waals surface area contributed by atoms with Crippen LogP contribution in [0.4, 0.5) is 29.5 Å². The number of piperazine rings is 1. The average Bonchev–Trinajstić information content (AvgIpc) is 3.26. The summed E-state index contributed by atoms with van der Waals surface area (Å²) in [6.07, 6.45) is -3.47. The minimum Gasteiger partial charge on any atom is -0.444 e. The number of carbonyl (C=O) groups is 2. The SMILES string of the molecule is CC(C)(C)OC(=O)N1CCN(c2ccc(NC(=O)c3cc(-c4ccccc4)nn3CC(F)(F)F)cn2)CC1. The van der Waals surface area contributed by atoms with E-state index in [9.17, 15) is 22.8 Å². The Morgan fingerprint density at radius 3 is 2.26 bits per heavy atom. The minimum absolute atomic E-state index is 0.219. The molecule has 3 aromatic rings. The van der Waals surface area contributed by atoms with E-state index < -0.39 is 24.2 Å². The number of halogens is 3. The summed E-state index contributed by atoms with van der Waals surface area (Å²) >= 11 is 0. The molecule has 3 heterocycles. The van der Waals surface area contributed by atoms with Crippen LogP contribution >= 0.6 is 0 Å². The van der Waals surface area contributed by atoms with Gasteiger partial charge in [-0.1, -0.05) is 30.3 Å². The lowest BCUT2D eigenvalue weighted by atomic mass is 10.1. The molecule has 1 N–H and O–H groups in total. The summed E-state index contributed by atoms with van der Waals surface area (Å²) in [4.78, 5) is 33.2. The Labute approximate surface area is 218 Å². The van der Waals surface area contributed by atoms with Crippen molar-refractivity contribution < 1.29 is 27.5 Å². The van der Waals surface area contributed by atoms with Gasteiger partial charge in [-0.2, -0.15) is 18.3 Å². The number of rotatable bonds is 5. The summed E-state index contributed by atoms with van der Waals surface area (Å²) in [5.74, 6) is -0.0789. The maximum absolute atomic E-state index is 13.1. The summed E-state index contributed by atoms with van der Waals surface area (Å²) in [6.45, 7) is 6.11. The van der Waals surface area contributed by atoms with Crippen LogP contribution in [-0.4, -0.2) is 69.6 Å². The lowest BCUT2D eigenvalue weighted by Gasteiger charge is -2.36. The second kappa shape index (κ2) is 10.7. The maximum Gasteiger partial charge on any atom is 0.410 e. The highest BCUT2D eigenvalue weighted by Crippen LogP contribution is 2.24. The zero-order chi connectivity index (χ0) is 27.5. The highest BCUT2D eigenvalue weighted by atomic mass is 19.4. The van der Waals surface area contributed by atoms with Crippen LogP contribution in [0, 0.1) is 0 Å². The Kier molecular flexibility index (Phi) is 7.61. The van der Waals surface area contributed by atoms with E-state index in [1.165, 1.54) is 12.3 Å². The number of pyridine rings is 1. The third-order valence-corrected chi connectivity index (χ3v) is 5.67. The second-order valence-corrected chi connectivity index (χ2v) is 9.87. The van der Waals surface area contributed by atoms with E-state index in [1.54, 1.807) is 47.4 Å². The molecule has 38 heavy (non-hydrogen) atoms. The third kappa shape index (κ3) is 7.02. The van der Waals surface area contributed by atoms with Crippen LogP contribution in [0.25, 0.3) is 11.3 Å². The highest BCUT2D eigenvalue weighted by molar-refractivity contribution is 6.03. The number of anilines is 2. The van der Waals surface area contributed by atoms with E-state index in [0.29, 0.717) is 47.9 Å². The molecule has 1 aliphatic heterocycles. The van der Waals surface area contributed by atoms with E-state index >= 15 is 0 Å². The van der Waals surface area contributed by atoms with Crippen LogP contribution in [0.2, 0.25) is 0 Å². The van der Waals surface area contributed by atoms with Crippen LogP contribution in [0.3, 0.4) is 0 Å². The lowest BCUT2D eigenvalue weighted by molar-refractivity contribution is -0.142. The average molecular weight is 531 g/mol. The summed E-state index contributed by atoms with van der Waals surface area (Å²) in [7, 11) is 0. The van der Waals surface area contributed by atoms with E-state index in [2.05, 4.69) is 15.4 Å². The molecule has 202 valence electrons. The Morgan fingerprint density at radius 2 is 1.68 bits per heavy atom. The largest absolute Gasteiger partial charge is 0.444 e. The fraction of sp³-hybridized carbons (Fsp3) is 0.385. The van der Waals surface area contributed by atoms with Crippen molar-refractivity contribution in [2.45, 2.75) is 39.1 Å². The zero-order valence-electron chi connectivity index (χ0n) is 21.3. The molecule has 2 amide bonds. The molecule has 0 aliphatic carbocycles. The first-order valence-electron chi connectivity index (χ1n) is 12.1. The molecule has 0 radical (unpaired) electrons. The van der Waals surface area contributed by atoms with Gasteiger partial charge in [0.05, 0.1) is 17.6 Å². The Bertz CT molecular complexity index is 1260. The molecule has 0 saturated carbocycles. The van der Waals surface area contributed by atoms with Gasteiger partial charge in [0.15, 0.2) is 0 Å². The predicted molar refractivity (Wildman–Crippen MR) is 136 cm³/mol. The quantitative estimate of drug-likeness (QED) is 0.509. The number of hydrogen-bond donors (Lipinski definition) is 1. The van der Waals surface area contributed by atoms with Gasteiger partial charge in [-0.3, -0.25) is 9.48 Å². The van der Waals surface area contributed by atoms with E-state index in [-0.39, 0.29) is 17.5 Å². The van der Waals surface area contributed by atoms with E-state index in [0.717, 1.165) is 0 Å². The summed E-state index contributed by atoms with van der Waals surface area (Å²) in [5, 5.41) is 6.62. The van der Waals surface area contributed by atoms with Gasteiger partial charge in [0.1, 0.15) is 23.7 Å². The van der Waals surface area contributed by atoms with Gasteiger partial charge in [-0.15, -0.1) is 0 Å². The van der Waals surface area contributed by atoms with Gasteiger partial charge in [0.2, 0.25) is 0 Å². The van der Waals surface area contributed by atoms with Crippen molar-refractivity contribution in [2.75, 3.05) is 36.4 Å². The smallest absolute Gasteiger partial charge is 0.410 e. The van der Waals surface area contributed by atoms with Crippen molar-refractivity contribution in [1.82, 2.24) is 19.7 Å². The number of hydrogen-bond acceptors (Lipinski definition) is 6. The van der Waals surface area contributed by atoms with Gasteiger partial charge in [-0.05, 0) is 39.0 Å². The van der Waals surface area contributed by atoms with E-state index in [1.807, 2.05) is 25.7 Å². The molecule has 1 saturated heterocycles. The number of carbonyl (C=O) groups excluding carboxylic acids is 2. The van der Waals surface area contributed by atoms with Crippen LogP contribution in [0.5, 0.6) is 0 Å². The van der Waals surface area contributed by atoms with Crippen molar-refractivity contribution in [1.29, 1.82) is 0 Å². The second-order valence-electron chi connectivity index (χ2n) is 9.87. The fourth-order valence-electron chi connectivity index (χ4n) is 3.93. The molecule has 1 aromatic carbocycles. The first-order chi connectivity index (χ1) is 17.9. The normalized spacial score (nSPS) is 14.4. The maximum atomic E-state index is 13.1. The molecule has 0 unspecified atom stereocenters.